The van der Waals surface area contributed by atoms with E-state index in [-0.39, 0.29) is 23.7 Å². The predicted molar refractivity (Wildman–Crippen MR) is 98.5 cm³/mol. The first-order valence-electron chi connectivity index (χ1n) is 8.55. The van der Waals surface area contributed by atoms with Crippen LogP contribution in [0.3, 0.4) is 0 Å². The number of halogens is 2. The second-order valence-corrected chi connectivity index (χ2v) is 7.13. The molecule has 0 aromatic heterocycles. The number of benzene rings is 1. The molecular formula is C18H24Cl2N2O2. The maximum atomic E-state index is 12.4. The Labute approximate surface area is 153 Å². The molecule has 2 rings (SSSR count). The molecule has 1 aromatic rings. The Hall–Kier alpha value is -1.26. The molecule has 2 N–H and O–H groups in total. The van der Waals surface area contributed by atoms with Crippen molar-refractivity contribution in [2.24, 2.45) is 11.8 Å². The monoisotopic (exact) mass is 370 g/mol. The molecule has 0 saturated heterocycles. The smallest absolute Gasteiger partial charge is 0.227 e. The Morgan fingerprint density at radius 3 is 2.25 bits per heavy atom. The molecule has 0 atom stereocenters. The minimum atomic E-state index is -0.0563. The number of nitrogens with one attached hydrogen (secondary N) is 2. The summed E-state index contributed by atoms with van der Waals surface area (Å²) in [5.74, 6) is 0.0973. The number of hydrogen-bond acceptors (Lipinski definition) is 2. The van der Waals surface area contributed by atoms with Crippen molar-refractivity contribution in [3.63, 3.8) is 0 Å². The second-order valence-electron chi connectivity index (χ2n) is 6.31. The van der Waals surface area contributed by atoms with Crippen LogP contribution in [0.1, 0.15) is 45.4 Å². The summed E-state index contributed by atoms with van der Waals surface area (Å²) in [5, 5.41) is 6.75. The van der Waals surface area contributed by atoms with Crippen LogP contribution in [0.4, 0.5) is 5.69 Å². The average Bonchev–Trinajstić information content (AvgIpc) is 2.58. The van der Waals surface area contributed by atoms with Gasteiger partial charge in [0.2, 0.25) is 11.8 Å². The van der Waals surface area contributed by atoms with Crippen molar-refractivity contribution in [3.05, 3.63) is 28.2 Å². The second kappa shape index (κ2) is 9.28. The lowest BCUT2D eigenvalue weighted by Crippen LogP contribution is -2.35. The van der Waals surface area contributed by atoms with Crippen molar-refractivity contribution in [1.29, 1.82) is 0 Å². The molecule has 0 unspecified atom stereocenters. The standard InChI is InChI=1S/C18H24Cl2N2O2/c1-2-3-10-21-17(23)12-4-6-13(7-5-12)18(24)22-14-8-9-15(19)16(20)11-14/h8-9,11-13H,2-7,10H2,1H3,(H,21,23)(H,22,24). The van der Waals surface area contributed by atoms with Crippen LogP contribution in [-0.4, -0.2) is 18.4 Å². The maximum Gasteiger partial charge on any atom is 0.227 e. The average molecular weight is 371 g/mol. The van der Waals surface area contributed by atoms with Gasteiger partial charge in [0.1, 0.15) is 0 Å². The Morgan fingerprint density at radius 1 is 1.04 bits per heavy atom. The van der Waals surface area contributed by atoms with Crippen molar-refractivity contribution in [1.82, 2.24) is 5.32 Å². The minimum absolute atomic E-state index is 0.0155. The molecule has 0 spiro atoms. The van der Waals surface area contributed by atoms with E-state index in [4.69, 9.17) is 23.2 Å². The van der Waals surface area contributed by atoms with Crippen molar-refractivity contribution in [3.8, 4) is 0 Å². The quantitative estimate of drug-likeness (QED) is 0.715. The summed E-state index contributed by atoms with van der Waals surface area (Å²) in [4.78, 5) is 24.4. The number of hydrogen-bond donors (Lipinski definition) is 2. The molecule has 24 heavy (non-hydrogen) atoms. The molecule has 1 aliphatic rings. The van der Waals surface area contributed by atoms with Crippen LogP contribution in [0.5, 0.6) is 0 Å². The van der Waals surface area contributed by atoms with Crippen LogP contribution in [0.2, 0.25) is 10.0 Å². The van der Waals surface area contributed by atoms with Gasteiger partial charge in [-0.1, -0.05) is 36.5 Å². The summed E-state index contributed by atoms with van der Waals surface area (Å²) < 4.78 is 0. The highest BCUT2D eigenvalue weighted by Gasteiger charge is 2.29. The fraction of sp³-hybridized carbons (Fsp3) is 0.556. The van der Waals surface area contributed by atoms with Crippen LogP contribution < -0.4 is 10.6 Å². The van der Waals surface area contributed by atoms with E-state index in [0.717, 1.165) is 45.1 Å². The van der Waals surface area contributed by atoms with Crippen molar-refractivity contribution >= 4 is 40.7 Å². The molecule has 4 nitrogen and oxygen atoms in total. The van der Waals surface area contributed by atoms with Crippen LogP contribution >= 0.6 is 23.2 Å². The molecule has 6 heteroatoms. The van der Waals surface area contributed by atoms with Gasteiger partial charge in [0.05, 0.1) is 10.0 Å². The van der Waals surface area contributed by atoms with Crippen LogP contribution in [-0.2, 0) is 9.59 Å². The summed E-state index contributed by atoms with van der Waals surface area (Å²) in [7, 11) is 0. The van der Waals surface area contributed by atoms with Gasteiger partial charge < -0.3 is 10.6 Å². The number of carbonyl (C=O) groups excluding carboxylic acids is 2. The fourth-order valence-electron chi connectivity index (χ4n) is 2.97. The Kier molecular flexibility index (Phi) is 7.38. The summed E-state index contributed by atoms with van der Waals surface area (Å²) in [6.45, 7) is 2.84. The zero-order valence-corrected chi connectivity index (χ0v) is 15.4. The van der Waals surface area contributed by atoms with E-state index in [1.54, 1.807) is 18.2 Å². The van der Waals surface area contributed by atoms with E-state index in [1.165, 1.54) is 0 Å². The largest absolute Gasteiger partial charge is 0.356 e. The molecule has 0 bridgehead atoms. The number of amides is 2. The normalized spacial score (nSPS) is 20.5. The first kappa shape index (κ1) is 19.1. The Morgan fingerprint density at radius 2 is 1.67 bits per heavy atom. The Bertz CT molecular complexity index is 584. The van der Waals surface area contributed by atoms with E-state index < -0.39 is 0 Å². The molecular weight excluding hydrogens is 347 g/mol. The molecule has 0 heterocycles. The highest BCUT2D eigenvalue weighted by Crippen LogP contribution is 2.31. The topological polar surface area (TPSA) is 58.2 Å². The van der Waals surface area contributed by atoms with Gasteiger partial charge in [-0.15, -0.1) is 0 Å². The van der Waals surface area contributed by atoms with E-state index >= 15 is 0 Å². The van der Waals surface area contributed by atoms with Gasteiger partial charge in [-0.3, -0.25) is 9.59 Å². The molecule has 1 saturated carbocycles. The highest BCUT2D eigenvalue weighted by molar-refractivity contribution is 6.42. The van der Waals surface area contributed by atoms with Crippen LogP contribution in [0.25, 0.3) is 0 Å². The predicted octanol–water partition coefficient (Wildman–Crippen LogP) is 4.65. The lowest BCUT2D eigenvalue weighted by atomic mass is 9.81. The highest BCUT2D eigenvalue weighted by atomic mass is 35.5. The Balaban J connectivity index is 1.79. The van der Waals surface area contributed by atoms with Crippen molar-refractivity contribution < 1.29 is 9.59 Å². The SMILES string of the molecule is CCCCNC(=O)C1CCC(C(=O)Nc2ccc(Cl)c(Cl)c2)CC1. The number of rotatable bonds is 6. The van der Waals surface area contributed by atoms with Gasteiger partial charge >= 0.3 is 0 Å². The van der Waals surface area contributed by atoms with Crippen molar-refractivity contribution in [2.75, 3.05) is 11.9 Å². The summed E-state index contributed by atoms with van der Waals surface area (Å²) in [6.07, 6.45) is 5.07. The van der Waals surface area contributed by atoms with Gasteiger partial charge in [0.15, 0.2) is 0 Å². The lowest BCUT2D eigenvalue weighted by Gasteiger charge is -2.27. The third kappa shape index (κ3) is 5.38. The van der Waals surface area contributed by atoms with E-state index in [0.29, 0.717) is 15.7 Å². The summed E-state index contributed by atoms with van der Waals surface area (Å²) in [6, 6.07) is 5.05. The molecule has 0 aliphatic heterocycles. The number of anilines is 1. The molecule has 1 fully saturated rings. The van der Waals surface area contributed by atoms with Gasteiger partial charge in [-0.25, -0.2) is 0 Å². The molecule has 1 aliphatic carbocycles. The first-order chi connectivity index (χ1) is 11.5. The van der Waals surface area contributed by atoms with Gasteiger partial charge in [0, 0.05) is 24.1 Å². The van der Waals surface area contributed by atoms with E-state index in [1.807, 2.05) is 0 Å². The van der Waals surface area contributed by atoms with Gasteiger partial charge in [0.25, 0.3) is 0 Å². The molecule has 1 aromatic carbocycles. The molecule has 0 radical (unpaired) electrons. The van der Waals surface area contributed by atoms with Crippen LogP contribution in [0.15, 0.2) is 18.2 Å². The third-order valence-corrected chi connectivity index (χ3v) is 5.22. The van der Waals surface area contributed by atoms with Gasteiger partial charge in [-0.05, 0) is 50.3 Å². The molecule has 132 valence electrons. The summed E-state index contributed by atoms with van der Waals surface area (Å²) >= 11 is 11.8. The minimum Gasteiger partial charge on any atom is -0.356 e. The number of carbonyl (C=O) groups is 2. The van der Waals surface area contributed by atoms with E-state index in [9.17, 15) is 9.59 Å². The fourth-order valence-corrected chi connectivity index (χ4v) is 3.27. The molecule has 2 amide bonds. The van der Waals surface area contributed by atoms with Crippen LogP contribution in [0, 0.1) is 11.8 Å². The lowest BCUT2D eigenvalue weighted by molar-refractivity contribution is -0.128. The summed E-state index contributed by atoms with van der Waals surface area (Å²) in [5.41, 5.74) is 0.647. The first-order valence-corrected chi connectivity index (χ1v) is 9.30. The van der Waals surface area contributed by atoms with E-state index in [2.05, 4.69) is 17.6 Å². The van der Waals surface area contributed by atoms with Gasteiger partial charge in [-0.2, -0.15) is 0 Å². The van der Waals surface area contributed by atoms with Crippen molar-refractivity contribution in [2.45, 2.75) is 45.4 Å². The number of unbranched alkanes of at least 4 members (excludes halogenated alkanes) is 1. The zero-order chi connectivity index (χ0) is 17.5. The zero-order valence-electron chi connectivity index (χ0n) is 13.9. The third-order valence-electron chi connectivity index (χ3n) is 4.49. The maximum absolute atomic E-state index is 12.4.